The Kier molecular flexibility index (Phi) is 5.89. The van der Waals surface area contributed by atoms with E-state index in [1.54, 1.807) is 18.3 Å². The Balaban J connectivity index is 1.78. The molecule has 2 N–H and O–H groups in total. The maximum Gasteiger partial charge on any atom is 0.274 e. The van der Waals surface area contributed by atoms with Gasteiger partial charge in [0.25, 0.3) is 5.91 Å². The van der Waals surface area contributed by atoms with E-state index in [9.17, 15) is 4.79 Å². The normalized spacial score (nSPS) is 10.6. The molecule has 1 amide bonds. The molecule has 3 aromatic rings. The van der Waals surface area contributed by atoms with E-state index in [0.717, 1.165) is 11.3 Å². The number of ether oxygens (including phenoxy) is 1. The van der Waals surface area contributed by atoms with E-state index in [2.05, 4.69) is 26.7 Å². The van der Waals surface area contributed by atoms with Crippen molar-refractivity contribution in [3.8, 4) is 5.75 Å². The number of carbonyl (C=O) groups excluding carboxylic acids is 1. The van der Waals surface area contributed by atoms with Crippen molar-refractivity contribution in [1.29, 1.82) is 0 Å². The summed E-state index contributed by atoms with van der Waals surface area (Å²) < 4.78 is 5.75. The molecule has 0 atom stereocenters. The van der Waals surface area contributed by atoms with Crippen LogP contribution in [0.2, 0.25) is 0 Å². The van der Waals surface area contributed by atoms with Gasteiger partial charge < -0.3 is 15.4 Å². The lowest BCUT2D eigenvalue weighted by Gasteiger charge is -2.15. The molecular weight excluding hydrogens is 352 g/mol. The molecule has 0 saturated carbocycles. The number of hydrogen-bond donors (Lipinski definition) is 2. The summed E-state index contributed by atoms with van der Waals surface area (Å²) >= 11 is 0. The highest BCUT2D eigenvalue weighted by atomic mass is 16.5. The summed E-state index contributed by atoms with van der Waals surface area (Å²) in [6.45, 7) is 7.93. The van der Waals surface area contributed by atoms with Crippen LogP contribution in [0, 0.1) is 13.8 Å². The molecule has 0 radical (unpaired) electrons. The van der Waals surface area contributed by atoms with Gasteiger partial charge in [0.2, 0.25) is 5.95 Å². The van der Waals surface area contributed by atoms with Crippen molar-refractivity contribution >= 4 is 23.2 Å². The molecule has 0 saturated heterocycles. The van der Waals surface area contributed by atoms with Gasteiger partial charge in [-0.25, -0.2) is 9.97 Å². The van der Waals surface area contributed by atoms with Crippen LogP contribution in [0.1, 0.15) is 35.5 Å². The number of nitrogens with zero attached hydrogens (tertiary/aromatic N) is 2. The number of aromatic nitrogens is 2. The number of nitrogens with one attached hydrogen (secondary N) is 2. The Morgan fingerprint density at radius 2 is 1.82 bits per heavy atom. The van der Waals surface area contributed by atoms with E-state index in [-0.39, 0.29) is 17.7 Å². The largest absolute Gasteiger partial charge is 0.489 e. The molecule has 6 heteroatoms. The summed E-state index contributed by atoms with van der Waals surface area (Å²) in [6.07, 6.45) is 1.57. The summed E-state index contributed by atoms with van der Waals surface area (Å²) in [7, 11) is 0. The van der Waals surface area contributed by atoms with E-state index in [4.69, 9.17) is 4.74 Å². The van der Waals surface area contributed by atoms with Gasteiger partial charge >= 0.3 is 0 Å². The van der Waals surface area contributed by atoms with Gasteiger partial charge in [-0.3, -0.25) is 4.79 Å². The van der Waals surface area contributed by atoms with Gasteiger partial charge in [0.1, 0.15) is 11.4 Å². The topological polar surface area (TPSA) is 76.1 Å². The van der Waals surface area contributed by atoms with Crippen molar-refractivity contribution in [2.75, 3.05) is 10.6 Å². The number of hydrogen-bond acceptors (Lipinski definition) is 5. The van der Waals surface area contributed by atoms with Gasteiger partial charge in [0.15, 0.2) is 0 Å². The second-order valence-electron chi connectivity index (χ2n) is 6.83. The number of aryl methyl sites for hydroxylation is 2. The molecule has 1 aromatic heterocycles. The lowest BCUT2D eigenvalue weighted by molar-refractivity contribution is 0.102. The van der Waals surface area contributed by atoms with Crippen LogP contribution in [-0.2, 0) is 0 Å². The second-order valence-corrected chi connectivity index (χ2v) is 6.83. The van der Waals surface area contributed by atoms with Crippen LogP contribution in [0.15, 0.2) is 54.7 Å². The summed E-state index contributed by atoms with van der Waals surface area (Å²) in [5.74, 6) is 0.658. The monoisotopic (exact) mass is 376 g/mol. The molecule has 28 heavy (non-hydrogen) atoms. The number of anilines is 3. The van der Waals surface area contributed by atoms with Crippen LogP contribution >= 0.6 is 0 Å². The summed E-state index contributed by atoms with van der Waals surface area (Å²) in [4.78, 5) is 21.2. The molecule has 0 aliphatic carbocycles. The maximum absolute atomic E-state index is 12.7. The zero-order valence-corrected chi connectivity index (χ0v) is 16.5. The Bertz CT molecular complexity index is 986. The van der Waals surface area contributed by atoms with Gasteiger partial charge in [0, 0.05) is 11.9 Å². The Labute approximate surface area is 165 Å². The van der Waals surface area contributed by atoms with Gasteiger partial charge in [0.05, 0.1) is 11.8 Å². The van der Waals surface area contributed by atoms with E-state index in [1.165, 1.54) is 5.56 Å². The van der Waals surface area contributed by atoms with Crippen LogP contribution in [0.5, 0.6) is 5.75 Å². The minimum atomic E-state index is -0.328. The van der Waals surface area contributed by atoms with Gasteiger partial charge in [-0.1, -0.05) is 29.8 Å². The highest BCUT2D eigenvalue weighted by molar-refractivity contribution is 6.03. The van der Waals surface area contributed by atoms with E-state index in [1.807, 2.05) is 58.0 Å². The third-order valence-corrected chi connectivity index (χ3v) is 4.01. The molecule has 0 aliphatic rings. The zero-order chi connectivity index (χ0) is 20.1. The summed E-state index contributed by atoms with van der Waals surface area (Å²) in [6, 6.07) is 15.0. The van der Waals surface area contributed by atoms with Gasteiger partial charge in [-0.2, -0.15) is 0 Å². The number of carbonyl (C=O) groups is 1. The van der Waals surface area contributed by atoms with Crippen molar-refractivity contribution in [2.45, 2.75) is 33.8 Å². The maximum atomic E-state index is 12.7. The lowest BCUT2D eigenvalue weighted by atomic mass is 10.1. The minimum Gasteiger partial charge on any atom is -0.489 e. The first-order valence-electron chi connectivity index (χ1n) is 9.17. The van der Waals surface area contributed by atoms with Crippen molar-refractivity contribution < 1.29 is 9.53 Å². The predicted molar refractivity (Wildman–Crippen MR) is 111 cm³/mol. The molecule has 6 nitrogen and oxygen atoms in total. The van der Waals surface area contributed by atoms with E-state index in [0.29, 0.717) is 17.4 Å². The standard InChI is InChI=1S/C22H24N4O2/c1-14(2)28-20-8-6-5-7-18(20)24-21(27)19-11-12-23-22(26-19)25-17-10-9-15(3)13-16(17)4/h5-14H,1-4H3,(H,24,27)(H,23,25,26). The molecule has 0 bridgehead atoms. The first-order valence-corrected chi connectivity index (χ1v) is 9.17. The second kappa shape index (κ2) is 8.52. The zero-order valence-electron chi connectivity index (χ0n) is 16.5. The third kappa shape index (κ3) is 4.85. The molecule has 1 heterocycles. The molecule has 0 fully saturated rings. The van der Waals surface area contributed by atoms with Gasteiger partial charge in [-0.05, 0) is 57.5 Å². The number of amides is 1. The SMILES string of the molecule is Cc1ccc(Nc2nccc(C(=O)Nc3ccccc3OC(C)C)n2)c(C)c1. The Morgan fingerprint density at radius 3 is 2.57 bits per heavy atom. The Hall–Kier alpha value is -3.41. The van der Waals surface area contributed by atoms with Crippen LogP contribution in [0.25, 0.3) is 0 Å². The fourth-order valence-corrected chi connectivity index (χ4v) is 2.73. The molecule has 0 aliphatic heterocycles. The fraction of sp³-hybridized carbons (Fsp3) is 0.227. The smallest absolute Gasteiger partial charge is 0.274 e. The van der Waals surface area contributed by atoms with Crippen molar-refractivity contribution in [2.24, 2.45) is 0 Å². The lowest BCUT2D eigenvalue weighted by Crippen LogP contribution is -2.16. The van der Waals surface area contributed by atoms with Crippen molar-refractivity contribution in [3.05, 3.63) is 71.5 Å². The molecule has 3 rings (SSSR count). The molecule has 2 aromatic carbocycles. The number of benzene rings is 2. The van der Waals surface area contributed by atoms with Crippen molar-refractivity contribution in [3.63, 3.8) is 0 Å². The highest BCUT2D eigenvalue weighted by Gasteiger charge is 2.13. The van der Waals surface area contributed by atoms with Crippen LogP contribution in [0.3, 0.4) is 0 Å². The quantitative estimate of drug-likeness (QED) is 0.641. The van der Waals surface area contributed by atoms with Crippen LogP contribution in [-0.4, -0.2) is 22.0 Å². The summed E-state index contributed by atoms with van der Waals surface area (Å²) in [5.41, 5.74) is 4.03. The summed E-state index contributed by atoms with van der Waals surface area (Å²) in [5, 5.41) is 6.03. The first-order chi connectivity index (χ1) is 13.4. The number of para-hydroxylation sites is 2. The van der Waals surface area contributed by atoms with Crippen LogP contribution < -0.4 is 15.4 Å². The highest BCUT2D eigenvalue weighted by Crippen LogP contribution is 2.25. The Morgan fingerprint density at radius 1 is 1.04 bits per heavy atom. The predicted octanol–water partition coefficient (Wildman–Crippen LogP) is 4.88. The fourth-order valence-electron chi connectivity index (χ4n) is 2.73. The molecule has 0 spiro atoms. The van der Waals surface area contributed by atoms with Crippen LogP contribution in [0.4, 0.5) is 17.3 Å². The molecule has 0 unspecified atom stereocenters. The average molecular weight is 376 g/mol. The minimum absolute atomic E-state index is 0.00523. The first kappa shape index (κ1) is 19.4. The molecule has 144 valence electrons. The third-order valence-electron chi connectivity index (χ3n) is 4.01. The van der Waals surface area contributed by atoms with E-state index >= 15 is 0 Å². The van der Waals surface area contributed by atoms with E-state index < -0.39 is 0 Å². The molecular formula is C22H24N4O2. The van der Waals surface area contributed by atoms with Crippen molar-refractivity contribution in [1.82, 2.24) is 9.97 Å². The number of rotatable bonds is 6. The average Bonchev–Trinajstić information content (AvgIpc) is 2.65. The van der Waals surface area contributed by atoms with Gasteiger partial charge in [-0.15, -0.1) is 0 Å².